The van der Waals surface area contributed by atoms with Crippen LogP contribution in [0.25, 0.3) is 0 Å². The zero-order chi connectivity index (χ0) is 13.5. The lowest BCUT2D eigenvalue weighted by molar-refractivity contribution is 0.365. The zero-order valence-electron chi connectivity index (χ0n) is 11.2. The molecule has 98 valence electrons. The lowest BCUT2D eigenvalue weighted by atomic mass is 10.1. The Morgan fingerprint density at radius 2 is 2.17 bits per heavy atom. The van der Waals surface area contributed by atoms with Crippen LogP contribution in [0.15, 0.2) is 18.2 Å². The van der Waals surface area contributed by atoms with Gasteiger partial charge in [0.25, 0.3) is 0 Å². The molecule has 0 aliphatic heterocycles. The summed E-state index contributed by atoms with van der Waals surface area (Å²) in [6.45, 7) is 3.53. The molecular weight excluding hydrogens is 229 g/mol. The molecule has 0 aliphatic rings. The van der Waals surface area contributed by atoms with E-state index >= 15 is 0 Å². The van der Waals surface area contributed by atoms with Gasteiger partial charge in [0.05, 0.1) is 11.6 Å². The molecule has 1 atom stereocenters. The van der Waals surface area contributed by atoms with Crippen molar-refractivity contribution in [1.29, 1.82) is 5.26 Å². The predicted octanol–water partition coefficient (Wildman–Crippen LogP) is 2.13. The van der Waals surface area contributed by atoms with Crippen molar-refractivity contribution in [2.45, 2.75) is 25.9 Å². The molecule has 0 aromatic heterocycles. The molecule has 0 heterocycles. The first kappa shape index (κ1) is 14.6. The van der Waals surface area contributed by atoms with Crippen LogP contribution in [-0.4, -0.2) is 31.6 Å². The molecule has 0 aliphatic carbocycles. The van der Waals surface area contributed by atoms with E-state index < -0.39 is 0 Å². The molecule has 0 saturated carbocycles. The number of nitrogens with zero attached hydrogens (tertiary/aromatic N) is 2. The van der Waals surface area contributed by atoms with Gasteiger partial charge in [-0.1, -0.05) is 0 Å². The largest absolute Gasteiger partial charge is 0.310 e. The molecule has 1 rings (SSSR count). The molecule has 4 heteroatoms. The molecule has 0 bridgehead atoms. The van der Waals surface area contributed by atoms with E-state index in [-0.39, 0.29) is 5.82 Å². The maximum Gasteiger partial charge on any atom is 0.127 e. The fourth-order valence-electron chi connectivity index (χ4n) is 1.62. The van der Waals surface area contributed by atoms with Gasteiger partial charge in [0.1, 0.15) is 5.82 Å². The summed E-state index contributed by atoms with van der Waals surface area (Å²) in [5.41, 5.74) is 1.04. The monoisotopic (exact) mass is 249 g/mol. The second-order valence-electron chi connectivity index (χ2n) is 4.79. The van der Waals surface area contributed by atoms with Crippen molar-refractivity contribution in [2.24, 2.45) is 0 Å². The molecular formula is C14H20FN3. The smallest absolute Gasteiger partial charge is 0.127 e. The van der Waals surface area contributed by atoms with Gasteiger partial charge >= 0.3 is 0 Å². The maximum absolute atomic E-state index is 13.5. The Balaban J connectivity index is 2.50. The third-order valence-corrected chi connectivity index (χ3v) is 2.83. The highest BCUT2D eigenvalue weighted by atomic mass is 19.1. The second kappa shape index (κ2) is 7.10. The van der Waals surface area contributed by atoms with E-state index in [0.29, 0.717) is 23.7 Å². The van der Waals surface area contributed by atoms with Crippen LogP contribution in [0.4, 0.5) is 4.39 Å². The summed E-state index contributed by atoms with van der Waals surface area (Å²) in [7, 11) is 4.06. The lowest BCUT2D eigenvalue weighted by Crippen LogP contribution is -2.29. The van der Waals surface area contributed by atoms with Gasteiger partial charge in [0.15, 0.2) is 0 Å². The minimum Gasteiger partial charge on any atom is -0.310 e. The summed E-state index contributed by atoms with van der Waals surface area (Å²) < 4.78 is 13.5. The molecule has 0 fully saturated rings. The van der Waals surface area contributed by atoms with Crippen molar-refractivity contribution in [3.8, 4) is 6.07 Å². The van der Waals surface area contributed by atoms with E-state index in [2.05, 4.69) is 17.1 Å². The molecule has 0 radical (unpaired) electrons. The van der Waals surface area contributed by atoms with Gasteiger partial charge in [-0.05, 0) is 52.2 Å². The highest BCUT2D eigenvalue weighted by Gasteiger charge is 2.06. The van der Waals surface area contributed by atoms with Crippen LogP contribution >= 0.6 is 0 Å². The number of hydrogen-bond donors (Lipinski definition) is 1. The van der Waals surface area contributed by atoms with Crippen molar-refractivity contribution in [3.63, 3.8) is 0 Å². The first-order valence-corrected chi connectivity index (χ1v) is 6.09. The Morgan fingerprint density at radius 3 is 2.78 bits per heavy atom. The van der Waals surface area contributed by atoms with Gasteiger partial charge in [-0.15, -0.1) is 0 Å². The summed E-state index contributed by atoms with van der Waals surface area (Å²) in [6.07, 6.45) is 1.01. The average Bonchev–Trinajstić information content (AvgIpc) is 2.35. The first-order valence-electron chi connectivity index (χ1n) is 6.09. The third kappa shape index (κ3) is 4.82. The van der Waals surface area contributed by atoms with Gasteiger partial charge in [-0.2, -0.15) is 5.26 Å². The normalized spacial score (nSPS) is 12.4. The van der Waals surface area contributed by atoms with Gasteiger partial charge in [0, 0.05) is 18.2 Å². The number of halogens is 1. The first-order chi connectivity index (χ1) is 8.52. The minimum absolute atomic E-state index is 0.263. The van der Waals surface area contributed by atoms with E-state index in [4.69, 9.17) is 5.26 Å². The Morgan fingerprint density at radius 1 is 1.44 bits per heavy atom. The second-order valence-corrected chi connectivity index (χ2v) is 4.79. The topological polar surface area (TPSA) is 39.1 Å². The van der Waals surface area contributed by atoms with Crippen LogP contribution in [0.3, 0.4) is 0 Å². The average molecular weight is 249 g/mol. The van der Waals surface area contributed by atoms with Crippen molar-refractivity contribution in [3.05, 3.63) is 35.1 Å². The van der Waals surface area contributed by atoms with Crippen LogP contribution in [0, 0.1) is 17.1 Å². The van der Waals surface area contributed by atoms with Crippen molar-refractivity contribution in [1.82, 2.24) is 10.2 Å². The summed E-state index contributed by atoms with van der Waals surface area (Å²) in [4.78, 5) is 2.12. The molecule has 0 saturated heterocycles. The molecule has 1 unspecified atom stereocenters. The van der Waals surface area contributed by atoms with Crippen LogP contribution < -0.4 is 5.32 Å². The molecule has 1 aromatic rings. The Hall–Kier alpha value is -1.44. The minimum atomic E-state index is -0.263. The summed E-state index contributed by atoms with van der Waals surface area (Å²) >= 11 is 0. The summed E-state index contributed by atoms with van der Waals surface area (Å²) in [5, 5.41) is 12.0. The van der Waals surface area contributed by atoms with Crippen LogP contribution in [-0.2, 0) is 6.54 Å². The predicted molar refractivity (Wildman–Crippen MR) is 70.6 cm³/mol. The van der Waals surface area contributed by atoms with E-state index in [9.17, 15) is 4.39 Å². The number of nitriles is 1. The van der Waals surface area contributed by atoms with Gasteiger partial charge in [0.2, 0.25) is 0 Å². The number of benzene rings is 1. The van der Waals surface area contributed by atoms with Crippen molar-refractivity contribution < 1.29 is 4.39 Å². The molecule has 18 heavy (non-hydrogen) atoms. The van der Waals surface area contributed by atoms with E-state index in [1.165, 1.54) is 12.1 Å². The quantitative estimate of drug-likeness (QED) is 0.839. The highest BCUT2D eigenvalue weighted by Crippen LogP contribution is 2.10. The van der Waals surface area contributed by atoms with Crippen LogP contribution in [0.5, 0.6) is 0 Å². The Kier molecular flexibility index (Phi) is 5.76. The fraction of sp³-hybridized carbons (Fsp3) is 0.500. The number of rotatable bonds is 6. The van der Waals surface area contributed by atoms with E-state index in [1.807, 2.05) is 20.2 Å². The molecule has 1 aromatic carbocycles. The zero-order valence-corrected chi connectivity index (χ0v) is 11.2. The van der Waals surface area contributed by atoms with Gasteiger partial charge in [-0.3, -0.25) is 0 Å². The van der Waals surface area contributed by atoms with Gasteiger partial charge in [-0.25, -0.2) is 4.39 Å². The Labute approximate surface area is 108 Å². The van der Waals surface area contributed by atoms with E-state index in [1.54, 1.807) is 6.07 Å². The number of hydrogen-bond acceptors (Lipinski definition) is 3. The summed E-state index contributed by atoms with van der Waals surface area (Å²) in [6, 6.07) is 6.78. The lowest BCUT2D eigenvalue weighted by Gasteiger charge is -2.17. The maximum atomic E-state index is 13.5. The van der Waals surface area contributed by atoms with Crippen LogP contribution in [0.1, 0.15) is 24.5 Å². The number of nitrogens with one attached hydrogen (secondary N) is 1. The SMILES string of the molecule is CC(CCN(C)C)NCc1cc(C#N)ccc1F. The highest BCUT2D eigenvalue weighted by molar-refractivity contribution is 5.33. The standard InChI is InChI=1S/C14H20FN3/c1-11(6-7-18(2)3)17-10-13-8-12(9-16)4-5-14(13)15/h4-5,8,11,17H,6-7,10H2,1-3H3. The third-order valence-electron chi connectivity index (χ3n) is 2.83. The Bertz CT molecular complexity index is 424. The molecule has 3 nitrogen and oxygen atoms in total. The summed E-state index contributed by atoms with van der Waals surface area (Å²) in [5.74, 6) is -0.263. The molecule has 1 N–H and O–H groups in total. The van der Waals surface area contributed by atoms with Gasteiger partial charge < -0.3 is 10.2 Å². The van der Waals surface area contributed by atoms with Crippen molar-refractivity contribution in [2.75, 3.05) is 20.6 Å². The van der Waals surface area contributed by atoms with E-state index in [0.717, 1.165) is 13.0 Å². The van der Waals surface area contributed by atoms with Crippen LogP contribution in [0.2, 0.25) is 0 Å². The molecule has 0 spiro atoms. The van der Waals surface area contributed by atoms with Crippen molar-refractivity contribution >= 4 is 0 Å². The fourth-order valence-corrected chi connectivity index (χ4v) is 1.62. The molecule has 0 amide bonds.